The first-order valence-electron chi connectivity index (χ1n) is 8.24. The van der Waals surface area contributed by atoms with Crippen LogP contribution in [0.5, 0.6) is 0 Å². The standard InChI is InChI=1S/C21H25NO.H/c1-5-7-19(22(3)4)12-8-16-9-13-20-18(14-16)11-10-17(6-2)21(20)15-23;/h2,9-11,13-15,19H,5,7-8,12H2,1,3-4H3;. The van der Waals surface area contributed by atoms with Gasteiger partial charge in [-0.1, -0.05) is 43.5 Å². The number of terminal acetylenes is 1. The van der Waals surface area contributed by atoms with E-state index in [1.54, 1.807) is 0 Å². The van der Waals surface area contributed by atoms with E-state index in [0.29, 0.717) is 17.2 Å². The Hall–Kier alpha value is -2.11. The van der Waals surface area contributed by atoms with E-state index in [1.165, 1.54) is 18.4 Å². The van der Waals surface area contributed by atoms with Crippen molar-refractivity contribution in [3.63, 3.8) is 0 Å². The fraction of sp³-hybridized carbons (Fsp3) is 0.381. The molecule has 0 saturated heterocycles. The SMILES string of the molecule is C#Cc1ccc2cc(CCC(CCC)N(C)C)ccc2c1C=O.[H]. The second-order valence-electron chi connectivity index (χ2n) is 6.29. The number of nitrogens with zero attached hydrogens (tertiary/aromatic N) is 1. The van der Waals surface area contributed by atoms with Crippen molar-refractivity contribution < 1.29 is 6.22 Å². The van der Waals surface area contributed by atoms with Crippen LogP contribution in [0, 0.1) is 12.3 Å². The molecule has 0 spiro atoms. The summed E-state index contributed by atoms with van der Waals surface area (Å²) in [6.07, 6.45) is 11.0. The Morgan fingerprint density at radius 2 is 2.04 bits per heavy atom. The molecule has 2 aromatic rings. The second kappa shape index (κ2) is 7.94. The lowest BCUT2D eigenvalue weighted by atomic mass is 9.95. The largest absolute Gasteiger partial charge is 0.306 e. The van der Waals surface area contributed by atoms with Gasteiger partial charge in [0.15, 0.2) is 6.29 Å². The molecule has 0 aliphatic heterocycles. The molecule has 2 rings (SSSR count). The molecule has 0 N–H and O–H groups in total. The first-order valence-corrected chi connectivity index (χ1v) is 8.24. The molecular weight excluding hydrogens is 282 g/mol. The van der Waals surface area contributed by atoms with E-state index >= 15 is 0 Å². The molecule has 0 fully saturated rings. The summed E-state index contributed by atoms with van der Waals surface area (Å²) >= 11 is 0. The number of aryl methyl sites for hydroxylation is 1. The predicted molar refractivity (Wildman–Crippen MR) is 99.1 cm³/mol. The van der Waals surface area contributed by atoms with E-state index in [-0.39, 0.29) is 1.43 Å². The molecule has 0 heterocycles. The minimum atomic E-state index is 0. The predicted octanol–water partition coefficient (Wildman–Crippen LogP) is 4.41. The highest BCUT2D eigenvalue weighted by atomic mass is 16.1. The molecule has 1 atom stereocenters. The Morgan fingerprint density at radius 3 is 2.65 bits per heavy atom. The van der Waals surface area contributed by atoms with Crippen LogP contribution in [0.25, 0.3) is 10.8 Å². The first-order chi connectivity index (χ1) is 11.1. The minimum absolute atomic E-state index is 0. The van der Waals surface area contributed by atoms with Crippen molar-refractivity contribution in [3.8, 4) is 12.3 Å². The van der Waals surface area contributed by atoms with Gasteiger partial charge in [0.05, 0.1) is 0 Å². The summed E-state index contributed by atoms with van der Waals surface area (Å²) in [6, 6.07) is 10.8. The van der Waals surface area contributed by atoms with Crippen LogP contribution in [0.15, 0.2) is 30.3 Å². The molecule has 23 heavy (non-hydrogen) atoms. The summed E-state index contributed by atoms with van der Waals surface area (Å²) < 4.78 is 0. The summed E-state index contributed by atoms with van der Waals surface area (Å²) in [4.78, 5) is 13.7. The summed E-state index contributed by atoms with van der Waals surface area (Å²) in [5, 5.41) is 2.03. The maximum Gasteiger partial charge on any atom is 0.151 e. The third-order valence-electron chi connectivity index (χ3n) is 4.52. The van der Waals surface area contributed by atoms with Crippen LogP contribution in [0.2, 0.25) is 0 Å². The fourth-order valence-corrected chi connectivity index (χ4v) is 3.14. The first kappa shape index (κ1) is 17.2. The topological polar surface area (TPSA) is 20.3 Å². The normalized spacial score (nSPS) is 12.3. The van der Waals surface area contributed by atoms with Gasteiger partial charge in [0.25, 0.3) is 0 Å². The van der Waals surface area contributed by atoms with Crippen LogP contribution < -0.4 is 0 Å². The van der Waals surface area contributed by atoms with E-state index in [1.807, 2.05) is 18.2 Å². The second-order valence-corrected chi connectivity index (χ2v) is 6.29. The van der Waals surface area contributed by atoms with E-state index in [4.69, 9.17) is 6.42 Å². The molecule has 2 nitrogen and oxygen atoms in total. The lowest BCUT2D eigenvalue weighted by molar-refractivity contribution is 0.112. The highest BCUT2D eigenvalue weighted by Crippen LogP contribution is 2.23. The molecule has 0 amide bonds. The lowest BCUT2D eigenvalue weighted by Crippen LogP contribution is -2.28. The smallest absolute Gasteiger partial charge is 0.151 e. The van der Waals surface area contributed by atoms with Gasteiger partial charge in [-0.3, -0.25) is 4.79 Å². The van der Waals surface area contributed by atoms with Crippen molar-refractivity contribution in [2.75, 3.05) is 14.1 Å². The molecule has 2 aromatic carbocycles. The van der Waals surface area contributed by atoms with Gasteiger partial charge in [0, 0.05) is 18.6 Å². The Kier molecular flexibility index (Phi) is 5.96. The minimum Gasteiger partial charge on any atom is -0.306 e. The van der Waals surface area contributed by atoms with Gasteiger partial charge < -0.3 is 4.90 Å². The van der Waals surface area contributed by atoms with Crippen LogP contribution in [-0.4, -0.2) is 31.3 Å². The number of benzene rings is 2. The molecular formula is C21H26NO. The van der Waals surface area contributed by atoms with Gasteiger partial charge in [-0.05, 0) is 55.8 Å². The van der Waals surface area contributed by atoms with Gasteiger partial charge in [0.2, 0.25) is 0 Å². The zero-order chi connectivity index (χ0) is 16.8. The van der Waals surface area contributed by atoms with E-state index in [2.05, 4.69) is 44.0 Å². The van der Waals surface area contributed by atoms with Crippen molar-refractivity contribution in [1.29, 1.82) is 0 Å². The third kappa shape index (κ3) is 4.00. The monoisotopic (exact) mass is 308 g/mol. The zero-order valence-electron chi connectivity index (χ0n) is 15.3. The quantitative estimate of drug-likeness (QED) is 0.558. The summed E-state index contributed by atoms with van der Waals surface area (Å²) in [5.74, 6) is 2.58. The highest BCUT2D eigenvalue weighted by molar-refractivity contribution is 6.00. The Bertz CT molecular complexity index is 730. The van der Waals surface area contributed by atoms with Crippen LogP contribution in [0.1, 0.15) is 49.1 Å². The van der Waals surface area contributed by atoms with Crippen LogP contribution in [0.4, 0.5) is 0 Å². The number of rotatable bonds is 7. The molecule has 1 radical (unpaired) electrons. The third-order valence-corrected chi connectivity index (χ3v) is 4.52. The number of fused-ring (bicyclic) bond motifs is 1. The molecule has 0 aromatic heterocycles. The molecule has 121 valence electrons. The van der Waals surface area contributed by atoms with Gasteiger partial charge in [0.1, 0.15) is 0 Å². The van der Waals surface area contributed by atoms with Gasteiger partial charge in [-0.15, -0.1) is 6.42 Å². The molecule has 1 unspecified atom stereocenters. The van der Waals surface area contributed by atoms with Crippen molar-refractivity contribution in [3.05, 3.63) is 47.0 Å². The highest BCUT2D eigenvalue weighted by Gasteiger charge is 2.11. The maximum absolute atomic E-state index is 11.3. The summed E-state index contributed by atoms with van der Waals surface area (Å²) in [7, 11) is 4.30. The van der Waals surface area contributed by atoms with Gasteiger partial charge >= 0.3 is 0 Å². The maximum atomic E-state index is 11.3. The van der Waals surface area contributed by atoms with Crippen molar-refractivity contribution in [2.45, 2.75) is 38.6 Å². The number of aldehydes is 1. The number of carbonyl (C=O) groups is 1. The molecule has 0 saturated carbocycles. The summed E-state index contributed by atoms with van der Waals surface area (Å²) in [6.45, 7) is 2.23. The Balaban J connectivity index is 0.00000288. The van der Waals surface area contributed by atoms with Gasteiger partial charge in [-0.2, -0.15) is 0 Å². The molecule has 0 bridgehead atoms. The molecule has 0 aliphatic rings. The molecule has 0 aliphatic carbocycles. The number of carbonyl (C=O) groups excluding carboxylic acids is 1. The Morgan fingerprint density at radius 1 is 1.26 bits per heavy atom. The van der Waals surface area contributed by atoms with E-state index < -0.39 is 0 Å². The van der Waals surface area contributed by atoms with E-state index in [0.717, 1.165) is 29.9 Å². The Labute approximate surface area is 141 Å². The fourth-order valence-electron chi connectivity index (χ4n) is 3.14. The van der Waals surface area contributed by atoms with Crippen LogP contribution in [0.3, 0.4) is 0 Å². The number of hydrogen-bond acceptors (Lipinski definition) is 2. The number of hydrogen-bond donors (Lipinski definition) is 0. The summed E-state index contributed by atoms with van der Waals surface area (Å²) in [5.41, 5.74) is 2.59. The average Bonchev–Trinajstić information content (AvgIpc) is 2.56. The van der Waals surface area contributed by atoms with Gasteiger partial charge in [-0.25, -0.2) is 0 Å². The van der Waals surface area contributed by atoms with Crippen molar-refractivity contribution in [2.24, 2.45) is 0 Å². The van der Waals surface area contributed by atoms with E-state index in [9.17, 15) is 4.79 Å². The molecule has 2 heteroatoms. The van der Waals surface area contributed by atoms with Crippen LogP contribution in [-0.2, 0) is 6.42 Å². The average molecular weight is 308 g/mol. The van der Waals surface area contributed by atoms with Crippen molar-refractivity contribution >= 4 is 17.1 Å². The van der Waals surface area contributed by atoms with Crippen LogP contribution >= 0.6 is 0 Å². The van der Waals surface area contributed by atoms with Crippen molar-refractivity contribution in [1.82, 2.24) is 4.90 Å². The zero-order valence-corrected chi connectivity index (χ0v) is 14.3. The lowest BCUT2D eigenvalue weighted by Gasteiger charge is -2.23.